The molecule has 1 aliphatic rings. The highest BCUT2D eigenvalue weighted by molar-refractivity contribution is 5.77. The fourth-order valence-electron chi connectivity index (χ4n) is 2.46. The Balaban J connectivity index is 2.56. The first kappa shape index (κ1) is 13.5. The van der Waals surface area contributed by atoms with Crippen LogP contribution in [0.1, 0.15) is 26.7 Å². The molecule has 1 rings (SSSR count). The van der Waals surface area contributed by atoms with E-state index in [4.69, 9.17) is 0 Å². The Bertz CT molecular complexity index is 220. The summed E-state index contributed by atoms with van der Waals surface area (Å²) in [7, 11) is 1.71. The van der Waals surface area contributed by atoms with Gasteiger partial charge in [-0.05, 0) is 38.4 Å². The molecule has 0 aromatic carbocycles. The highest BCUT2D eigenvalue weighted by Gasteiger charge is 2.27. The smallest absolute Gasteiger partial charge is 0.233 e. The lowest BCUT2D eigenvalue weighted by Crippen LogP contribution is -2.51. The Kier molecular flexibility index (Phi) is 5.77. The maximum Gasteiger partial charge on any atom is 0.233 e. The van der Waals surface area contributed by atoms with Gasteiger partial charge in [-0.3, -0.25) is 9.69 Å². The summed E-state index contributed by atoms with van der Waals surface area (Å²) in [4.78, 5) is 13.8. The zero-order valence-electron chi connectivity index (χ0n) is 10.8. The molecule has 0 bridgehead atoms. The van der Waals surface area contributed by atoms with E-state index in [0.717, 1.165) is 32.5 Å². The van der Waals surface area contributed by atoms with E-state index >= 15 is 0 Å². The van der Waals surface area contributed by atoms with Gasteiger partial charge >= 0.3 is 0 Å². The average Bonchev–Trinajstić information content (AvgIpc) is 2.29. The van der Waals surface area contributed by atoms with E-state index in [9.17, 15) is 4.79 Å². The van der Waals surface area contributed by atoms with Crippen molar-refractivity contribution in [3.05, 3.63) is 0 Å². The van der Waals surface area contributed by atoms with Gasteiger partial charge in [-0.2, -0.15) is 0 Å². The average molecular weight is 227 g/mol. The van der Waals surface area contributed by atoms with Crippen LogP contribution in [-0.4, -0.2) is 50.1 Å². The van der Waals surface area contributed by atoms with E-state index in [0.29, 0.717) is 18.5 Å². The van der Waals surface area contributed by atoms with Crippen LogP contribution in [0.15, 0.2) is 0 Å². The lowest BCUT2D eigenvalue weighted by Gasteiger charge is -2.38. The number of piperidine rings is 1. The summed E-state index contributed by atoms with van der Waals surface area (Å²) in [6.45, 7) is 8.13. The van der Waals surface area contributed by atoms with Crippen molar-refractivity contribution in [3.63, 3.8) is 0 Å². The molecule has 1 heterocycles. The Hall–Kier alpha value is -0.610. The van der Waals surface area contributed by atoms with E-state index in [1.165, 1.54) is 0 Å². The molecule has 1 saturated heterocycles. The van der Waals surface area contributed by atoms with Crippen molar-refractivity contribution < 1.29 is 4.79 Å². The molecule has 0 saturated carbocycles. The van der Waals surface area contributed by atoms with Crippen LogP contribution < -0.4 is 10.6 Å². The van der Waals surface area contributed by atoms with Crippen molar-refractivity contribution in [3.8, 4) is 0 Å². The molecule has 16 heavy (non-hydrogen) atoms. The Morgan fingerprint density at radius 1 is 1.56 bits per heavy atom. The van der Waals surface area contributed by atoms with Gasteiger partial charge in [0.2, 0.25) is 5.91 Å². The quantitative estimate of drug-likeness (QED) is 0.716. The number of rotatable bonds is 5. The van der Waals surface area contributed by atoms with Crippen molar-refractivity contribution in [1.82, 2.24) is 15.5 Å². The van der Waals surface area contributed by atoms with E-state index in [1.807, 2.05) is 0 Å². The fourth-order valence-corrected chi connectivity index (χ4v) is 2.46. The maximum absolute atomic E-state index is 11.5. The number of nitrogens with zero attached hydrogens (tertiary/aromatic N) is 1. The monoisotopic (exact) mass is 227 g/mol. The summed E-state index contributed by atoms with van der Waals surface area (Å²) in [6.07, 6.45) is 2.26. The minimum Gasteiger partial charge on any atom is -0.358 e. The van der Waals surface area contributed by atoms with Crippen LogP contribution in [0.3, 0.4) is 0 Å². The minimum absolute atomic E-state index is 0.124. The molecule has 2 unspecified atom stereocenters. The summed E-state index contributed by atoms with van der Waals surface area (Å²) >= 11 is 0. The standard InChI is InChI=1S/C12H25N3O/c1-4-7-15(9-12(16)13-3)11-5-6-14-8-10(11)2/h10-11,14H,4-9H2,1-3H3,(H,13,16). The summed E-state index contributed by atoms with van der Waals surface area (Å²) < 4.78 is 0. The van der Waals surface area contributed by atoms with E-state index in [-0.39, 0.29) is 5.91 Å². The first-order valence-corrected chi connectivity index (χ1v) is 6.34. The van der Waals surface area contributed by atoms with Gasteiger partial charge in [-0.1, -0.05) is 13.8 Å². The predicted molar refractivity (Wildman–Crippen MR) is 66.4 cm³/mol. The third kappa shape index (κ3) is 3.76. The zero-order chi connectivity index (χ0) is 12.0. The molecule has 0 aromatic heterocycles. The van der Waals surface area contributed by atoms with Crippen LogP contribution in [0, 0.1) is 5.92 Å². The van der Waals surface area contributed by atoms with Gasteiger partial charge in [0.15, 0.2) is 0 Å². The summed E-state index contributed by atoms with van der Waals surface area (Å²) in [6, 6.07) is 0.554. The number of likely N-dealkylation sites (N-methyl/N-ethyl adjacent to an activating group) is 1. The SMILES string of the molecule is CCCN(CC(=O)NC)C1CCNCC1C. The van der Waals surface area contributed by atoms with Gasteiger partial charge in [0.25, 0.3) is 0 Å². The van der Waals surface area contributed by atoms with Gasteiger partial charge in [0, 0.05) is 13.1 Å². The second-order valence-corrected chi connectivity index (χ2v) is 4.68. The van der Waals surface area contributed by atoms with Gasteiger partial charge < -0.3 is 10.6 Å². The molecule has 0 radical (unpaired) electrons. The summed E-state index contributed by atoms with van der Waals surface area (Å²) in [5.74, 6) is 0.754. The van der Waals surface area contributed by atoms with Gasteiger partial charge in [-0.15, -0.1) is 0 Å². The Morgan fingerprint density at radius 2 is 2.31 bits per heavy atom. The lowest BCUT2D eigenvalue weighted by molar-refractivity contribution is -0.122. The van der Waals surface area contributed by atoms with E-state index in [2.05, 4.69) is 29.4 Å². The molecule has 1 aliphatic heterocycles. The third-order valence-corrected chi connectivity index (χ3v) is 3.35. The van der Waals surface area contributed by atoms with Crippen LogP contribution in [0.5, 0.6) is 0 Å². The summed E-state index contributed by atoms with van der Waals surface area (Å²) in [5.41, 5.74) is 0. The van der Waals surface area contributed by atoms with Crippen molar-refractivity contribution >= 4 is 5.91 Å². The molecule has 1 amide bonds. The number of hydrogen-bond donors (Lipinski definition) is 2. The number of amides is 1. The maximum atomic E-state index is 11.5. The topological polar surface area (TPSA) is 44.4 Å². The number of carbonyl (C=O) groups excluding carboxylic acids is 1. The molecule has 2 atom stereocenters. The van der Waals surface area contributed by atoms with Crippen molar-refractivity contribution in [2.45, 2.75) is 32.7 Å². The first-order chi connectivity index (χ1) is 7.69. The molecule has 0 spiro atoms. The lowest BCUT2D eigenvalue weighted by atomic mass is 9.93. The van der Waals surface area contributed by atoms with Crippen LogP contribution >= 0.6 is 0 Å². The highest BCUT2D eigenvalue weighted by atomic mass is 16.1. The Labute approximate surface area is 98.8 Å². The van der Waals surface area contributed by atoms with Crippen LogP contribution in [-0.2, 0) is 4.79 Å². The van der Waals surface area contributed by atoms with Crippen LogP contribution in [0.4, 0.5) is 0 Å². The fraction of sp³-hybridized carbons (Fsp3) is 0.917. The van der Waals surface area contributed by atoms with E-state index < -0.39 is 0 Å². The van der Waals surface area contributed by atoms with Gasteiger partial charge in [0.05, 0.1) is 6.54 Å². The molecule has 4 heteroatoms. The van der Waals surface area contributed by atoms with Crippen molar-refractivity contribution in [1.29, 1.82) is 0 Å². The number of hydrogen-bond acceptors (Lipinski definition) is 3. The second-order valence-electron chi connectivity index (χ2n) is 4.68. The Morgan fingerprint density at radius 3 is 2.88 bits per heavy atom. The molecule has 2 N–H and O–H groups in total. The van der Waals surface area contributed by atoms with Crippen molar-refractivity contribution in [2.75, 3.05) is 33.2 Å². The largest absolute Gasteiger partial charge is 0.358 e. The van der Waals surface area contributed by atoms with E-state index in [1.54, 1.807) is 7.05 Å². The van der Waals surface area contributed by atoms with Gasteiger partial charge in [-0.25, -0.2) is 0 Å². The number of carbonyl (C=O) groups is 1. The highest BCUT2D eigenvalue weighted by Crippen LogP contribution is 2.17. The normalized spacial score (nSPS) is 25.8. The van der Waals surface area contributed by atoms with Crippen molar-refractivity contribution in [2.24, 2.45) is 5.92 Å². The predicted octanol–water partition coefficient (Wildman–Crippen LogP) is 0.442. The third-order valence-electron chi connectivity index (χ3n) is 3.35. The minimum atomic E-state index is 0.124. The molecule has 0 aliphatic carbocycles. The van der Waals surface area contributed by atoms with Crippen LogP contribution in [0.2, 0.25) is 0 Å². The second kappa shape index (κ2) is 6.86. The number of nitrogens with one attached hydrogen (secondary N) is 2. The molecule has 94 valence electrons. The van der Waals surface area contributed by atoms with Crippen LogP contribution in [0.25, 0.3) is 0 Å². The molecule has 1 fully saturated rings. The molecule has 4 nitrogen and oxygen atoms in total. The first-order valence-electron chi connectivity index (χ1n) is 6.34. The zero-order valence-corrected chi connectivity index (χ0v) is 10.8. The summed E-state index contributed by atoms with van der Waals surface area (Å²) in [5, 5.41) is 6.11. The molecular formula is C12H25N3O. The molecular weight excluding hydrogens is 202 g/mol. The molecule has 0 aromatic rings. The van der Waals surface area contributed by atoms with Gasteiger partial charge in [0.1, 0.15) is 0 Å².